The second-order valence-corrected chi connectivity index (χ2v) is 8.04. The van der Waals surface area contributed by atoms with Crippen LogP contribution in [0.5, 0.6) is 0 Å². The normalized spacial score (nSPS) is 15.9. The third-order valence-electron chi connectivity index (χ3n) is 4.18. The number of nitro groups is 2. The van der Waals surface area contributed by atoms with Gasteiger partial charge in [0.2, 0.25) is 12.0 Å². The fraction of sp³-hybridized carbons (Fsp3) is 0.0625. The number of hydrazine groups is 1. The molecule has 2 amide bonds. The predicted molar refractivity (Wildman–Crippen MR) is 113 cm³/mol. The van der Waals surface area contributed by atoms with Gasteiger partial charge in [-0.25, -0.2) is 5.01 Å². The predicted octanol–water partition coefficient (Wildman–Crippen LogP) is -0.00460. The summed E-state index contributed by atoms with van der Waals surface area (Å²) in [4.78, 5) is 45.0. The van der Waals surface area contributed by atoms with Crippen molar-refractivity contribution in [3.05, 3.63) is 62.7 Å². The highest BCUT2D eigenvalue weighted by atomic mass is 32.2. The minimum Gasteiger partial charge on any atom is -0.369 e. The molecule has 1 fully saturated rings. The van der Waals surface area contributed by atoms with Crippen LogP contribution in [0.2, 0.25) is 0 Å². The number of nitrogens with one attached hydrogen (secondary N) is 1. The van der Waals surface area contributed by atoms with Gasteiger partial charge >= 0.3 is 5.69 Å². The van der Waals surface area contributed by atoms with Gasteiger partial charge in [-0.15, -0.1) is 4.40 Å². The van der Waals surface area contributed by atoms with Crippen LogP contribution in [0.25, 0.3) is 0 Å². The number of carbonyl (C=O) groups excluding carboxylic acids is 2. The summed E-state index contributed by atoms with van der Waals surface area (Å²) in [7, 11) is -4.14. The molecule has 0 saturated carbocycles. The topological polar surface area (TPSA) is 259 Å². The average Bonchev–Trinajstić information content (AvgIpc) is 3.04. The van der Waals surface area contributed by atoms with E-state index in [0.29, 0.717) is 11.1 Å². The molecule has 0 spiro atoms. The summed E-state index contributed by atoms with van der Waals surface area (Å²) >= 11 is 0. The molecule has 0 bridgehead atoms. The van der Waals surface area contributed by atoms with Crippen molar-refractivity contribution in [2.24, 2.45) is 26.1 Å². The number of hydrogen-bond acceptors (Lipinski definition) is 10. The zero-order chi connectivity index (χ0) is 25.2. The summed E-state index contributed by atoms with van der Waals surface area (Å²) in [6, 6.07) is 5.40. The van der Waals surface area contributed by atoms with Crippen LogP contribution in [0, 0.1) is 20.2 Å². The molecule has 1 saturated heterocycles. The summed E-state index contributed by atoms with van der Waals surface area (Å²) in [5, 5.41) is 30.1. The van der Waals surface area contributed by atoms with E-state index in [2.05, 4.69) is 20.1 Å². The molecule has 0 aromatic heterocycles. The van der Waals surface area contributed by atoms with Crippen LogP contribution in [0.3, 0.4) is 0 Å². The Labute approximate surface area is 189 Å². The summed E-state index contributed by atoms with van der Waals surface area (Å²) < 4.78 is 27.0. The number of nitrogens with two attached hydrogens (primary N) is 2. The lowest BCUT2D eigenvalue weighted by Gasteiger charge is -2.14. The number of benzene rings is 2. The van der Waals surface area contributed by atoms with Crippen molar-refractivity contribution >= 4 is 50.5 Å². The molecule has 1 atom stereocenters. The molecule has 3 rings (SSSR count). The van der Waals surface area contributed by atoms with Crippen LogP contribution < -0.4 is 21.9 Å². The van der Waals surface area contributed by atoms with E-state index in [1.165, 1.54) is 12.1 Å². The highest BCUT2D eigenvalue weighted by Crippen LogP contribution is 2.33. The van der Waals surface area contributed by atoms with Gasteiger partial charge in [-0.3, -0.25) is 35.2 Å². The standard InChI is InChI=1S/C16H13N9O8S/c17-16(18)22-34(32,33)10-4-1-8(2-5-10)19-20-13-14(26)21-23(15(13)27)11-6-3-9(24(28)29)7-12(11)25(30)31/h1-7,13H,(H,21,26)(H4,17,18,22). The van der Waals surface area contributed by atoms with Crippen LogP contribution >= 0.6 is 0 Å². The van der Waals surface area contributed by atoms with Gasteiger partial charge in [-0.2, -0.15) is 18.6 Å². The maximum absolute atomic E-state index is 12.6. The van der Waals surface area contributed by atoms with E-state index < -0.39 is 60.7 Å². The molecule has 5 N–H and O–H groups in total. The lowest BCUT2D eigenvalue weighted by atomic mass is 10.2. The van der Waals surface area contributed by atoms with Gasteiger partial charge in [0.15, 0.2) is 0 Å². The minimum absolute atomic E-state index is 0.0593. The van der Waals surface area contributed by atoms with Gasteiger partial charge in [0.05, 0.1) is 26.5 Å². The van der Waals surface area contributed by atoms with Gasteiger partial charge in [-0.05, 0) is 30.3 Å². The molecule has 2 aromatic rings. The second-order valence-electron chi connectivity index (χ2n) is 6.44. The van der Waals surface area contributed by atoms with E-state index in [0.717, 1.165) is 24.3 Å². The molecule has 1 unspecified atom stereocenters. The van der Waals surface area contributed by atoms with Crippen molar-refractivity contribution in [2.45, 2.75) is 10.9 Å². The molecule has 1 aliphatic rings. The number of azo groups is 1. The van der Waals surface area contributed by atoms with E-state index >= 15 is 0 Å². The lowest BCUT2D eigenvalue weighted by molar-refractivity contribution is -0.393. The van der Waals surface area contributed by atoms with Crippen molar-refractivity contribution in [1.82, 2.24) is 5.43 Å². The molecule has 0 radical (unpaired) electrons. The van der Waals surface area contributed by atoms with Gasteiger partial charge < -0.3 is 11.5 Å². The Balaban J connectivity index is 1.84. The molecule has 17 nitrogen and oxygen atoms in total. The SMILES string of the molecule is NC(N)=NS(=O)(=O)c1ccc(N=NC2C(=O)NN(c3ccc([N+](=O)[O-])cc3[N+](=O)[O-])C2=O)cc1. The van der Waals surface area contributed by atoms with Gasteiger partial charge in [0.1, 0.15) is 5.69 Å². The van der Waals surface area contributed by atoms with E-state index in [9.17, 15) is 38.2 Å². The zero-order valence-electron chi connectivity index (χ0n) is 16.6. The number of non-ortho nitro benzene ring substituents is 1. The molecule has 34 heavy (non-hydrogen) atoms. The zero-order valence-corrected chi connectivity index (χ0v) is 17.4. The monoisotopic (exact) mass is 491 g/mol. The third kappa shape index (κ3) is 4.75. The molecule has 18 heteroatoms. The van der Waals surface area contributed by atoms with Gasteiger partial charge in [0, 0.05) is 6.07 Å². The van der Waals surface area contributed by atoms with E-state index in [-0.39, 0.29) is 10.6 Å². The minimum atomic E-state index is -4.14. The van der Waals surface area contributed by atoms with Crippen molar-refractivity contribution in [1.29, 1.82) is 0 Å². The number of amides is 2. The van der Waals surface area contributed by atoms with Crippen LogP contribution in [-0.4, -0.2) is 42.1 Å². The molecule has 2 aromatic carbocycles. The quantitative estimate of drug-likeness (QED) is 0.116. The Morgan fingerprint density at radius 2 is 1.68 bits per heavy atom. The number of nitro benzene ring substituents is 2. The van der Waals surface area contributed by atoms with Gasteiger partial charge in [0.25, 0.3) is 27.5 Å². The van der Waals surface area contributed by atoms with E-state index in [4.69, 9.17) is 11.5 Å². The van der Waals surface area contributed by atoms with Crippen LogP contribution in [0.4, 0.5) is 22.7 Å². The van der Waals surface area contributed by atoms with Crippen molar-refractivity contribution < 1.29 is 27.9 Å². The Kier molecular flexibility index (Phi) is 6.16. The first kappa shape index (κ1) is 23.7. The molecule has 1 heterocycles. The first-order valence-electron chi connectivity index (χ1n) is 8.85. The summed E-state index contributed by atoms with van der Waals surface area (Å²) in [5.41, 5.74) is 10.5. The van der Waals surface area contributed by atoms with Crippen LogP contribution in [0.15, 0.2) is 62.0 Å². The summed E-state index contributed by atoms with van der Waals surface area (Å²) in [5.74, 6) is -2.65. The highest BCUT2D eigenvalue weighted by molar-refractivity contribution is 7.90. The first-order chi connectivity index (χ1) is 15.9. The van der Waals surface area contributed by atoms with E-state index in [1.54, 1.807) is 0 Å². The number of hydrogen-bond donors (Lipinski definition) is 3. The van der Waals surface area contributed by atoms with Crippen LogP contribution in [0.1, 0.15) is 0 Å². The maximum atomic E-state index is 12.6. The first-order valence-corrected chi connectivity index (χ1v) is 10.3. The fourth-order valence-corrected chi connectivity index (χ4v) is 3.57. The molecule has 1 aliphatic heterocycles. The maximum Gasteiger partial charge on any atom is 0.301 e. The summed E-state index contributed by atoms with van der Waals surface area (Å²) in [6.45, 7) is 0. The van der Waals surface area contributed by atoms with Crippen molar-refractivity contribution in [2.75, 3.05) is 5.01 Å². The number of guanidine groups is 1. The Morgan fingerprint density at radius 3 is 2.24 bits per heavy atom. The number of nitrogens with zero attached hydrogens (tertiary/aromatic N) is 6. The van der Waals surface area contributed by atoms with Crippen LogP contribution in [-0.2, 0) is 19.6 Å². The number of sulfonamides is 1. The Bertz CT molecular complexity index is 1370. The largest absolute Gasteiger partial charge is 0.369 e. The third-order valence-corrected chi connectivity index (χ3v) is 5.50. The molecule has 176 valence electrons. The molecular formula is C16H13N9O8S. The van der Waals surface area contributed by atoms with E-state index in [1.807, 2.05) is 0 Å². The molecule has 0 aliphatic carbocycles. The van der Waals surface area contributed by atoms with Gasteiger partial charge in [-0.1, -0.05) is 0 Å². The lowest BCUT2D eigenvalue weighted by Crippen LogP contribution is -2.36. The fourth-order valence-electron chi connectivity index (χ4n) is 2.70. The Hall–Kier alpha value is -5.00. The van der Waals surface area contributed by atoms with Crippen molar-refractivity contribution in [3.8, 4) is 0 Å². The number of carbonyl (C=O) groups is 2. The smallest absolute Gasteiger partial charge is 0.301 e. The number of rotatable bonds is 7. The Morgan fingerprint density at radius 1 is 1.03 bits per heavy atom. The second kappa shape index (κ2) is 8.86. The average molecular weight is 491 g/mol. The summed E-state index contributed by atoms with van der Waals surface area (Å²) in [6.07, 6.45) is 0. The highest BCUT2D eigenvalue weighted by Gasteiger charge is 2.43. The number of anilines is 1. The molecular weight excluding hydrogens is 478 g/mol. The van der Waals surface area contributed by atoms with Crippen molar-refractivity contribution in [3.63, 3.8) is 0 Å².